The van der Waals surface area contributed by atoms with E-state index in [9.17, 15) is 29.4 Å². The van der Waals surface area contributed by atoms with E-state index < -0.39 is 36.3 Å². The smallest absolute Gasteiger partial charge is 0.333 e. The fourth-order valence-electron chi connectivity index (χ4n) is 2.89. The summed E-state index contributed by atoms with van der Waals surface area (Å²) in [7, 11) is 0. The van der Waals surface area contributed by atoms with E-state index >= 15 is 0 Å². The lowest BCUT2D eigenvalue weighted by Crippen LogP contribution is -2.43. The fourth-order valence-corrected chi connectivity index (χ4v) is 2.89. The van der Waals surface area contributed by atoms with Crippen molar-refractivity contribution in [3.05, 3.63) is 23.8 Å². The summed E-state index contributed by atoms with van der Waals surface area (Å²) >= 11 is 0. The number of aliphatic hydroxyl groups excluding tert-OH is 1. The summed E-state index contributed by atoms with van der Waals surface area (Å²) in [6, 6.07) is 4.53. The molecular formula is C19H25N3O9. The molecule has 170 valence electrons. The third-order valence-electron chi connectivity index (χ3n) is 4.39. The number of hydrogen-bond donors (Lipinski definition) is 5. The third kappa shape index (κ3) is 7.51. The van der Waals surface area contributed by atoms with E-state index in [1.165, 1.54) is 12.1 Å². The van der Waals surface area contributed by atoms with Gasteiger partial charge in [0.15, 0.2) is 6.10 Å². The molecule has 3 unspecified atom stereocenters. The minimum atomic E-state index is -1.23. The van der Waals surface area contributed by atoms with Crippen LogP contribution in [0.2, 0.25) is 0 Å². The van der Waals surface area contributed by atoms with Crippen molar-refractivity contribution in [3.8, 4) is 5.75 Å². The second kappa shape index (κ2) is 11.8. The van der Waals surface area contributed by atoms with Crippen molar-refractivity contribution in [2.75, 3.05) is 18.4 Å². The molecule has 1 fully saturated rings. The van der Waals surface area contributed by atoms with Crippen LogP contribution in [-0.2, 0) is 35.3 Å². The largest absolute Gasteiger partial charge is 0.479 e. The zero-order valence-electron chi connectivity index (χ0n) is 16.6. The van der Waals surface area contributed by atoms with Crippen molar-refractivity contribution in [2.45, 2.75) is 44.4 Å². The number of aliphatic carboxylic acids is 1. The van der Waals surface area contributed by atoms with Gasteiger partial charge in [-0.05, 0) is 17.7 Å². The van der Waals surface area contributed by atoms with Crippen LogP contribution in [0, 0.1) is 0 Å². The van der Waals surface area contributed by atoms with Crippen LogP contribution < -0.4 is 21.1 Å². The first-order valence-electron chi connectivity index (χ1n) is 9.50. The molecular weight excluding hydrogens is 414 g/mol. The van der Waals surface area contributed by atoms with Crippen molar-refractivity contribution in [2.24, 2.45) is 5.73 Å². The summed E-state index contributed by atoms with van der Waals surface area (Å²) in [6.45, 7) is -0.163. The molecule has 0 spiro atoms. The molecule has 0 radical (unpaired) electrons. The molecule has 1 heterocycles. The predicted octanol–water partition coefficient (Wildman–Crippen LogP) is -0.907. The van der Waals surface area contributed by atoms with Crippen LogP contribution in [0.5, 0.6) is 5.75 Å². The van der Waals surface area contributed by atoms with Gasteiger partial charge in [0, 0.05) is 25.8 Å². The Morgan fingerprint density at radius 1 is 1.26 bits per heavy atom. The van der Waals surface area contributed by atoms with Gasteiger partial charge >= 0.3 is 5.97 Å². The van der Waals surface area contributed by atoms with Gasteiger partial charge in [-0.1, -0.05) is 6.07 Å². The molecule has 0 saturated carbocycles. The van der Waals surface area contributed by atoms with Crippen LogP contribution in [0.4, 0.5) is 5.69 Å². The third-order valence-corrected chi connectivity index (χ3v) is 4.39. The second-order valence-electron chi connectivity index (χ2n) is 6.68. The Balaban J connectivity index is 2.10. The van der Waals surface area contributed by atoms with E-state index in [2.05, 4.69) is 10.6 Å². The Morgan fingerprint density at radius 2 is 2.03 bits per heavy atom. The van der Waals surface area contributed by atoms with Crippen LogP contribution in [0.1, 0.15) is 24.8 Å². The summed E-state index contributed by atoms with van der Waals surface area (Å²) in [4.78, 5) is 45.4. The molecule has 0 bridgehead atoms. The molecule has 6 N–H and O–H groups in total. The number of hydrogen-bond acceptors (Lipinski definition) is 9. The number of anilines is 1. The number of carbonyl (C=O) groups excluding carboxylic acids is 3. The summed E-state index contributed by atoms with van der Waals surface area (Å²) in [5, 5.41) is 23.7. The molecule has 31 heavy (non-hydrogen) atoms. The molecule has 1 aromatic rings. The summed E-state index contributed by atoms with van der Waals surface area (Å²) in [5.41, 5.74) is 5.89. The average Bonchev–Trinajstić information content (AvgIpc) is 2.74. The van der Waals surface area contributed by atoms with Crippen LogP contribution >= 0.6 is 0 Å². The highest BCUT2D eigenvalue weighted by molar-refractivity contribution is 5.92. The number of amides is 2. The predicted molar refractivity (Wildman–Crippen MR) is 105 cm³/mol. The number of aliphatic hydroxyl groups is 1. The molecule has 1 aliphatic rings. The Kier molecular flexibility index (Phi) is 9.18. The van der Waals surface area contributed by atoms with Gasteiger partial charge in [-0.2, -0.15) is 0 Å². The van der Waals surface area contributed by atoms with E-state index in [1.807, 2.05) is 0 Å². The molecule has 12 heteroatoms. The van der Waals surface area contributed by atoms with E-state index in [-0.39, 0.29) is 56.9 Å². The molecule has 12 nitrogen and oxygen atoms in total. The van der Waals surface area contributed by atoms with Crippen molar-refractivity contribution in [3.63, 3.8) is 0 Å². The van der Waals surface area contributed by atoms with Gasteiger partial charge in [0.2, 0.25) is 18.1 Å². The lowest BCUT2D eigenvalue weighted by Gasteiger charge is -2.32. The first kappa shape index (κ1) is 24.1. The number of benzene rings is 1. The average molecular weight is 439 g/mol. The van der Waals surface area contributed by atoms with Gasteiger partial charge in [0.25, 0.3) is 6.47 Å². The number of rotatable bonds is 11. The number of carbonyl (C=O) groups is 4. The van der Waals surface area contributed by atoms with Gasteiger partial charge in [0.1, 0.15) is 11.9 Å². The summed E-state index contributed by atoms with van der Waals surface area (Å²) in [5.74, 6) is -1.89. The fraction of sp³-hybridized carbons (Fsp3) is 0.474. The Bertz CT molecular complexity index is 802. The van der Waals surface area contributed by atoms with Crippen molar-refractivity contribution in [1.82, 2.24) is 5.32 Å². The molecule has 1 aliphatic heterocycles. The Morgan fingerprint density at radius 3 is 2.68 bits per heavy atom. The lowest BCUT2D eigenvalue weighted by molar-refractivity contribution is -0.199. The monoisotopic (exact) mass is 439 g/mol. The number of ether oxygens (including phenoxy) is 3. The van der Waals surface area contributed by atoms with Crippen LogP contribution in [0.15, 0.2) is 18.2 Å². The normalized spacial score (nSPS) is 20.4. The number of nitrogens with one attached hydrogen (secondary N) is 2. The van der Waals surface area contributed by atoms with Crippen LogP contribution in [0.3, 0.4) is 0 Å². The number of nitrogens with two attached hydrogens (primary N) is 1. The summed E-state index contributed by atoms with van der Waals surface area (Å²) in [6.07, 6.45) is -2.97. The van der Waals surface area contributed by atoms with Crippen molar-refractivity contribution in [1.29, 1.82) is 0 Å². The van der Waals surface area contributed by atoms with E-state index in [0.29, 0.717) is 5.56 Å². The van der Waals surface area contributed by atoms with Gasteiger partial charge in [-0.3, -0.25) is 14.4 Å². The molecule has 1 saturated heterocycles. The molecule has 1 aromatic carbocycles. The molecule has 3 atom stereocenters. The van der Waals surface area contributed by atoms with Gasteiger partial charge < -0.3 is 40.8 Å². The summed E-state index contributed by atoms with van der Waals surface area (Å²) < 4.78 is 16.0. The zero-order chi connectivity index (χ0) is 22.8. The first-order chi connectivity index (χ1) is 14.9. The standard InChI is InChI=1S/C19H25N3O9/c20-8-17(26)21-4-3-16(25)22-13-5-11(9-23)1-2-14(13)30-18-7-12(29-10-24)6-15(31-18)19(27)28/h1-2,5,10,12,15,18,23H,3-4,6-9,20H2,(H,21,26)(H,22,25)(H,27,28). The van der Waals surface area contributed by atoms with Crippen LogP contribution in [-0.4, -0.2) is 66.1 Å². The van der Waals surface area contributed by atoms with Crippen molar-refractivity contribution < 1.29 is 43.6 Å². The van der Waals surface area contributed by atoms with E-state index in [4.69, 9.17) is 19.9 Å². The maximum absolute atomic E-state index is 12.2. The first-order valence-corrected chi connectivity index (χ1v) is 9.50. The maximum Gasteiger partial charge on any atom is 0.333 e. The van der Waals surface area contributed by atoms with Gasteiger partial charge in [0.05, 0.1) is 18.8 Å². The Hall–Kier alpha value is -3.22. The molecule has 0 aliphatic carbocycles. The van der Waals surface area contributed by atoms with Crippen molar-refractivity contribution >= 4 is 29.9 Å². The Labute approximate surface area is 177 Å². The minimum absolute atomic E-state index is 0.0184. The quantitative estimate of drug-likeness (QED) is 0.270. The minimum Gasteiger partial charge on any atom is -0.479 e. The zero-order valence-corrected chi connectivity index (χ0v) is 16.6. The molecule has 0 aromatic heterocycles. The lowest BCUT2D eigenvalue weighted by atomic mass is 10.0. The van der Waals surface area contributed by atoms with Gasteiger partial charge in [-0.15, -0.1) is 0 Å². The SMILES string of the molecule is NCC(=O)NCCC(=O)Nc1cc(CO)ccc1OC1CC(OC=O)CC(C(=O)O)O1. The molecule has 2 rings (SSSR count). The van der Waals surface area contributed by atoms with E-state index in [1.54, 1.807) is 6.07 Å². The maximum atomic E-state index is 12.2. The van der Waals surface area contributed by atoms with Gasteiger partial charge in [-0.25, -0.2) is 4.79 Å². The number of carboxylic acids is 1. The van der Waals surface area contributed by atoms with E-state index in [0.717, 1.165) is 0 Å². The highest BCUT2D eigenvalue weighted by Gasteiger charge is 2.36. The number of carboxylic acid groups (broad SMARTS) is 1. The molecule has 2 amide bonds. The topological polar surface area (TPSA) is 187 Å². The second-order valence-corrected chi connectivity index (χ2v) is 6.68. The highest BCUT2D eigenvalue weighted by atomic mass is 16.7. The highest BCUT2D eigenvalue weighted by Crippen LogP contribution is 2.31. The van der Waals surface area contributed by atoms with Crippen LogP contribution in [0.25, 0.3) is 0 Å².